The lowest BCUT2D eigenvalue weighted by atomic mass is 10.0. The minimum atomic E-state index is -0.0269. The third-order valence-corrected chi connectivity index (χ3v) is 3.33. The summed E-state index contributed by atoms with van der Waals surface area (Å²) in [4.78, 5) is 16.5. The molecule has 0 bridgehead atoms. The van der Waals surface area contributed by atoms with Crippen molar-refractivity contribution in [1.29, 1.82) is 0 Å². The van der Waals surface area contributed by atoms with E-state index >= 15 is 0 Å². The van der Waals surface area contributed by atoms with E-state index in [-0.39, 0.29) is 5.41 Å². The molecule has 4 nitrogen and oxygen atoms in total. The Bertz CT molecular complexity index is 242. The zero-order valence-corrected chi connectivity index (χ0v) is 9.75. The molecule has 0 spiro atoms. The van der Waals surface area contributed by atoms with Crippen molar-refractivity contribution in [3.05, 3.63) is 0 Å². The Morgan fingerprint density at radius 1 is 1.33 bits per heavy atom. The highest BCUT2D eigenvalue weighted by atomic mass is 16.2. The molecule has 1 heterocycles. The van der Waals surface area contributed by atoms with Gasteiger partial charge in [0.05, 0.1) is 5.41 Å². The molecule has 0 atom stereocenters. The number of amides is 1. The van der Waals surface area contributed by atoms with Gasteiger partial charge < -0.3 is 15.1 Å². The molecule has 1 amide bonds. The second kappa shape index (κ2) is 4.10. The molecule has 0 aromatic rings. The Morgan fingerprint density at radius 2 is 1.93 bits per heavy atom. The minimum absolute atomic E-state index is 0.0269. The van der Waals surface area contributed by atoms with Crippen LogP contribution in [0.25, 0.3) is 0 Å². The van der Waals surface area contributed by atoms with Crippen LogP contribution in [0.1, 0.15) is 12.8 Å². The monoisotopic (exact) mass is 211 g/mol. The van der Waals surface area contributed by atoms with E-state index in [0.29, 0.717) is 5.91 Å². The van der Waals surface area contributed by atoms with Crippen LogP contribution in [0.2, 0.25) is 0 Å². The van der Waals surface area contributed by atoms with Crippen LogP contribution in [0.15, 0.2) is 0 Å². The largest absolute Gasteiger partial charge is 0.340 e. The summed E-state index contributed by atoms with van der Waals surface area (Å²) in [7, 11) is 4.09. The summed E-state index contributed by atoms with van der Waals surface area (Å²) < 4.78 is 0. The first kappa shape index (κ1) is 10.9. The SMILES string of the molecule is CN(C)CC1(C(=O)N2CCNCC2)CC1. The minimum Gasteiger partial charge on any atom is -0.340 e. The van der Waals surface area contributed by atoms with Crippen molar-refractivity contribution >= 4 is 5.91 Å². The first-order valence-corrected chi connectivity index (χ1v) is 5.79. The molecule has 0 aromatic heterocycles. The molecule has 1 saturated heterocycles. The predicted octanol–water partition coefficient (Wildman–Crippen LogP) is -0.240. The van der Waals surface area contributed by atoms with Crippen LogP contribution in [0.3, 0.4) is 0 Å². The van der Waals surface area contributed by atoms with Gasteiger partial charge in [0.1, 0.15) is 0 Å². The van der Waals surface area contributed by atoms with Gasteiger partial charge in [0.15, 0.2) is 0 Å². The van der Waals surface area contributed by atoms with Gasteiger partial charge in [-0.05, 0) is 26.9 Å². The Balaban J connectivity index is 1.94. The Kier molecular flexibility index (Phi) is 2.98. The second-order valence-corrected chi connectivity index (χ2v) is 5.06. The van der Waals surface area contributed by atoms with Gasteiger partial charge in [-0.2, -0.15) is 0 Å². The molecule has 86 valence electrons. The average molecular weight is 211 g/mol. The standard InChI is InChI=1S/C11H21N3O/c1-13(2)9-11(3-4-11)10(15)14-7-5-12-6-8-14/h12H,3-9H2,1-2H3. The van der Waals surface area contributed by atoms with Crippen molar-refractivity contribution in [2.24, 2.45) is 5.41 Å². The van der Waals surface area contributed by atoms with E-state index in [0.717, 1.165) is 45.6 Å². The quantitative estimate of drug-likeness (QED) is 0.700. The molecule has 1 N–H and O–H groups in total. The molecule has 1 aliphatic carbocycles. The Labute approximate surface area is 91.6 Å². The summed E-state index contributed by atoms with van der Waals surface area (Å²) >= 11 is 0. The predicted molar refractivity (Wildman–Crippen MR) is 59.7 cm³/mol. The first-order chi connectivity index (χ1) is 7.14. The molecule has 4 heteroatoms. The summed E-state index contributed by atoms with van der Waals surface area (Å²) in [6.45, 7) is 4.57. The van der Waals surface area contributed by atoms with Crippen LogP contribution >= 0.6 is 0 Å². The van der Waals surface area contributed by atoms with Crippen LogP contribution in [0.5, 0.6) is 0 Å². The fourth-order valence-electron chi connectivity index (χ4n) is 2.40. The number of carbonyl (C=O) groups is 1. The maximum absolute atomic E-state index is 12.3. The van der Waals surface area contributed by atoms with Crippen molar-refractivity contribution in [3.8, 4) is 0 Å². The summed E-state index contributed by atoms with van der Waals surface area (Å²) in [6.07, 6.45) is 2.15. The molecular weight excluding hydrogens is 190 g/mol. The molecule has 2 aliphatic rings. The lowest BCUT2D eigenvalue weighted by Crippen LogP contribution is -2.50. The number of rotatable bonds is 3. The van der Waals surface area contributed by atoms with E-state index in [1.807, 2.05) is 19.0 Å². The highest BCUT2D eigenvalue weighted by molar-refractivity contribution is 5.85. The van der Waals surface area contributed by atoms with E-state index in [2.05, 4.69) is 10.2 Å². The topological polar surface area (TPSA) is 35.6 Å². The van der Waals surface area contributed by atoms with Crippen molar-refractivity contribution in [2.45, 2.75) is 12.8 Å². The van der Waals surface area contributed by atoms with E-state index in [9.17, 15) is 4.79 Å². The third-order valence-electron chi connectivity index (χ3n) is 3.33. The van der Waals surface area contributed by atoms with Gasteiger partial charge in [-0.25, -0.2) is 0 Å². The second-order valence-electron chi connectivity index (χ2n) is 5.06. The van der Waals surface area contributed by atoms with Crippen LogP contribution < -0.4 is 5.32 Å². The summed E-state index contributed by atoms with van der Waals surface area (Å²) in [5.74, 6) is 0.387. The fraction of sp³-hybridized carbons (Fsp3) is 0.909. The number of piperazine rings is 1. The maximum Gasteiger partial charge on any atom is 0.230 e. The van der Waals surface area contributed by atoms with Gasteiger partial charge in [-0.15, -0.1) is 0 Å². The van der Waals surface area contributed by atoms with Crippen molar-refractivity contribution in [2.75, 3.05) is 46.8 Å². The molecule has 0 radical (unpaired) electrons. The smallest absolute Gasteiger partial charge is 0.230 e. The van der Waals surface area contributed by atoms with Crippen molar-refractivity contribution in [1.82, 2.24) is 15.1 Å². The summed E-state index contributed by atoms with van der Waals surface area (Å²) in [5.41, 5.74) is -0.0269. The van der Waals surface area contributed by atoms with Crippen LogP contribution in [0, 0.1) is 5.41 Å². The van der Waals surface area contributed by atoms with Crippen LogP contribution in [-0.2, 0) is 4.79 Å². The van der Waals surface area contributed by atoms with Crippen LogP contribution in [-0.4, -0.2) is 62.5 Å². The summed E-state index contributed by atoms with van der Waals surface area (Å²) in [6, 6.07) is 0. The molecule has 0 unspecified atom stereocenters. The van der Waals surface area contributed by atoms with E-state index < -0.39 is 0 Å². The molecule has 0 aromatic carbocycles. The number of nitrogens with one attached hydrogen (secondary N) is 1. The van der Waals surface area contributed by atoms with Gasteiger partial charge in [-0.3, -0.25) is 4.79 Å². The fourth-order valence-corrected chi connectivity index (χ4v) is 2.40. The zero-order valence-electron chi connectivity index (χ0n) is 9.75. The lowest BCUT2D eigenvalue weighted by molar-refractivity contribution is -0.138. The third kappa shape index (κ3) is 2.32. The lowest BCUT2D eigenvalue weighted by Gasteiger charge is -2.32. The number of nitrogens with zero attached hydrogens (tertiary/aromatic N) is 2. The van der Waals surface area contributed by atoms with E-state index in [4.69, 9.17) is 0 Å². The molecule has 1 aliphatic heterocycles. The maximum atomic E-state index is 12.3. The Hall–Kier alpha value is -0.610. The molecule has 15 heavy (non-hydrogen) atoms. The molecular formula is C11H21N3O. The molecule has 1 saturated carbocycles. The van der Waals surface area contributed by atoms with E-state index in [1.54, 1.807) is 0 Å². The van der Waals surface area contributed by atoms with Crippen molar-refractivity contribution < 1.29 is 4.79 Å². The zero-order chi connectivity index (χ0) is 10.9. The number of carbonyl (C=O) groups excluding carboxylic acids is 1. The number of hydrogen-bond donors (Lipinski definition) is 1. The summed E-state index contributed by atoms with van der Waals surface area (Å²) in [5, 5.41) is 3.28. The highest BCUT2D eigenvalue weighted by Gasteiger charge is 2.51. The van der Waals surface area contributed by atoms with Crippen molar-refractivity contribution in [3.63, 3.8) is 0 Å². The number of hydrogen-bond acceptors (Lipinski definition) is 3. The highest BCUT2D eigenvalue weighted by Crippen LogP contribution is 2.47. The van der Waals surface area contributed by atoms with Gasteiger partial charge in [-0.1, -0.05) is 0 Å². The van der Waals surface area contributed by atoms with Gasteiger partial charge in [0.25, 0.3) is 0 Å². The normalized spacial score (nSPS) is 24.3. The van der Waals surface area contributed by atoms with E-state index in [1.165, 1.54) is 0 Å². The van der Waals surface area contributed by atoms with Gasteiger partial charge in [0.2, 0.25) is 5.91 Å². The molecule has 2 rings (SSSR count). The first-order valence-electron chi connectivity index (χ1n) is 5.79. The van der Waals surface area contributed by atoms with Gasteiger partial charge in [0, 0.05) is 32.7 Å². The van der Waals surface area contributed by atoms with Gasteiger partial charge >= 0.3 is 0 Å². The van der Waals surface area contributed by atoms with Crippen LogP contribution in [0.4, 0.5) is 0 Å². The Morgan fingerprint density at radius 3 is 2.40 bits per heavy atom. The average Bonchev–Trinajstić information content (AvgIpc) is 2.98. The molecule has 2 fully saturated rings.